The molecule has 2 N–H and O–H groups in total. The molecule has 0 fully saturated rings. The van der Waals surface area contributed by atoms with Gasteiger partial charge in [-0.1, -0.05) is 23.7 Å². The van der Waals surface area contributed by atoms with Gasteiger partial charge in [0.2, 0.25) is 5.95 Å². The van der Waals surface area contributed by atoms with Crippen LogP contribution in [0.1, 0.15) is 12.6 Å². The Morgan fingerprint density at radius 2 is 1.76 bits per heavy atom. The molecular formula is C19H19ClN4O. The lowest BCUT2D eigenvalue weighted by Gasteiger charge is -2.11. The number of aryl methyl sites for hydroxylation is 1. The largest absolute Gasteiger partial charge is 0.494 e. The molecule has 3 aromatic rings. The minimum Gasteiger partial charge on any atom is -0.494 e. The fraction of sp³-hybridized carbons (Fsp3) is 0.158. The van der Waals surface area contributed by atoms with Crippen molar-refractivity contribution in [2.24, 2.45) is 0 Å². The third kappa shape index (κ3) is 4.61. The Balaban J connectivity index is 1.78. The van der Waals surface area contributed by atoms with E-state index >= 15 is 0 Å². The van der Waals surface area contributed by atoms with Crippen LogP contribution in [0, 0.1) is 6.92 Å². The van der Waals surface area contributed by atoms with Gasteiger partial charge in [0, 0.05) is 17.4 Å². The SMILES string of the molecule is CCOc1ccc(Nc2nc(C)cc(Nc3ccccc3Cl)n2)cc1. The van der Waals surface area contributed by atoms with E-state index < -0.39 is 0 Å². The molecule has 25 heavy (non-hydrogen) atoms. The van der Waals surface area contributed by atoms with E-state index in [1.54, 1.807) is 0 Å². The number of rotatable bonds is 6. The van der Waals surface area contributed by atoms with E-state index in [2.05, 4.69) is 20.6 Å². The Morgan fingerprint density at radius 1 is 1.00 bits per heavy atom. The van der Waals surface area contributed by atoms with E-state index in [1.807, 2.05) is 68.4 Å². The smallest absolute Gasteiger partial charge is 0.229 e. The lowest BCUT2D eigenvalue weighted by Crippen LogP contribution is -2.02. The molecule has 0 bridgehead atoms. The van der Waals surface area contributed by atoms with Gasteiger partial charge in [-0.25, -0.2) is 4.98 Å². The molecule has 0 amide bonds. The molecule has 0 atom stereocenters. The van der Waals surface area contributed by atoms with E-state index in [4.69, 9.17) is 16.3 Å². The summed E-state index contributed by atoms with van der Waals surface area (Å²) in [5.74, 6) is 2.02. The molecule has 2 aromatic carbocycles. The van der Waals surface area contributed by atoms with Gasteiger partial charge >= 0.3 is 0 Å². The number of anilines is 4. The first-order valence-corrected chi connectivity index (χ1v) is 8.39. The zero-order valence-corrected chi connectivity index (χ0v) is 14.8. The van der Waals surface area contributed by atoms with Gasteiger partial charge < -0.3 is 15.4 Å². The normalized spacial score (nSPS) is 10.4. The molecule has 0 saturated carbocycles. The third-order valence-corrected chi connectivity index (χ3v) is 3.74. The van der Waals surface area contributed by atoms with E-state index in [0.29, 0.717) is 23.4 Å². The van der Waals surface area contributed by atoms with Gasteiger partial charge in [0.05, 0.1) is 17.3 Å². The number of hydrogen-bond donors (Lipinski definition) is 2. The van der Waals surface area contributed by atoms with Crippen LogP contribution in [-0.4, -0.2) is 16.6 Å². The highest BCUT2D eigenvalue weighted by atomic mass is 35.5. The molecule has 6 heteroatoms. The summed E-state index contributed by atoms with van der Waals surface area (Å²) >= 11 is 6.19. The molecule has 1 heterocycles. The molecule has 0 aliphatic heterocycles. The average molecular weight is 355 g/mol. The van der Waals surface area contributed by atoms with Crippen molar-refractivity contribution in [1.29, 1.82) is 0 Å². The Bertz CT molecular complexity index is 852. The van der Waals surface area contributed by atoms with Gasteiger partial charge in [0.1, 0.15) is 11.6 Å². The summed E-state index contributed by atoms with van der Waals surface area (Å²) in [5.41, 5.74) is 2.53. The number of aromatic nitrogens is 2. The summed E-state index contributed by atoms with van der Waals surface area (Å²) in [6.45, 7) is 4.52. The maximum absolute atomic E-state index is 6.19. The first-order chi connectivity index (χ1) is 12.1. The van der Waals surface area contributed by atoms with E-state index in [0.717, 1.165) is 22.8 Å². The lowest BCUT2D eigenvalue weighted by atomic mass is 10.3. The van der Waals surface area contributed by atoms with Gasteiger partial charge in [-0.2, -0.15) is 4.98 Å². The number of nitrogens with one attached hydrogen (secondary N) is 2. The molecule has 0 spiro atoms. The Kier molecular flexibility index (Phi) is 5.36. The van der Waals surface area contributed by atoms with Crippen molar-refractivity contribution in [1.82, 2.24) is 9.97 Å². The second-order valence-corrected chi connectivity index (χ2v) is 5.81. The molecule has 128 valence electrons. The quantitative estimate of drug-likeness (QED) is 0.627. The minimum atomic E-state index is 0.513. The van der Waals surface area contributed by atoms with E-state index in [9.17, 15) is 0 Å². The van der Waals surface area contributed by atoms with Crippen LogP contribution in [-0.2, 0) is 0 Å². The summed E-state index contributed by atoms with van der Waals surface area (Å²) in [4.78, 5) is 8.93. The summed E-state index contributed by atoms with van der Waals surface area (Å²) in [7, 11) is 0. The number of para-hydroxylation sites is 1. The van der Waals surface area contributed by atoms with Crippen molar-refractivity contribution in [3.8, 4) is 5.75 Å². The zero-order chi connectivity index (χ0) is 17.6. The lowest BCUT2D eigenvalue weighted by molar-refractivity contribution is 0.340. The standard InChI is InChI=1S/C19H19ClN4O/c1-3-25-15-10-8-14(9-11-15)22-19-21-13(2)12-18(24-19)23-17-7-5-4-6-16(17)20/h4-12H,3H2,1-2H3,(H2,21,22,23,24). The van der Waals surface area contributed by atoms with Crippen LogP contribution in [0.4, 0.5) is 23.1 Å². The highest BCUT2D eigenvalue weighted by Crippen LogP contribution is 2.25. The van der Waals surface area contributed by atoms with Crippen molar-refractivity contribution in [3.05, 3.63) is 65.3 Å². The number of hydrogen-bond acceptors (Lipinski definition) is 5. The van der Waals surface area contributed by atoms with Crippen molar-refractivity contribution in [2.75, 3.05) is 17.2 Å². The second kappa shape index (κ2) is 7.85. The third-order valence-electron chi connectivity index (χ3n) is 3.41. The Labute approximate surface area is 152 Å². The van der Waals surface area contributed by atoms with Crippen LogP contribution in [0.2, 0.25) is 5.02 Å². The number of ether oxygens (including phenoxy) is 1. The summed E-state index contributed by atoms with van der Waals surface area (Å²) in [6, 6.07) is 17.1. The van der Waals surface area contributed by atoms with Gasteiger partial charge in [-0.3, -0.25) is 0 Å². The van der Waals surface area contributed by atoms with Gasteiger partial charge in [-0.05, 0) is 50.2 Å². The van der Waals surface area contributed by atoms with Crippen molar-refractivity contribution < 1.29 is 4.74 Å². The van der Waals surface area contributed by atoms with Crippen LogP contribution in [0.3, 0.4) is 0 Å². The summed E-state index contributed by atoms with van der Waals surface area (Å²) in [5, 5.41) is 7.06. The summed E-state index contributed by atoms with van der Waals surface area (Å²) in [6.07, 6.45) is 0. The van der Waals surface area contributed by atoms with Crippen LogP contribution in [0.5, 0.6) is 5.75 Å². The van der Waals surface area contributed by atoms with Gasteiger partial charge in [0.25, 0.3) is 0 Å². The molecular weight excluding hydrogens is 336 g/mol. The maximum Gasteiger partial charge on any atom is 0.229 e. The van der Waals surface area contributed by atoms with Crippen LogP contribution >= 0.6 is 11.6 Å². The Hall–Kier alpha value is -2.79. The average Bonchev–Trinajstić information content (AvgIpc) is 2.58. The zero-order valence-electron chi connectivity index (χ0n) is 14.1. The predicted octanol–water partition coefficient (Wildman–Crippen LogP) is 5.32. The summed E-state index contributed by atoms with van der Waals surface area (Å²) < 4.78 is 5.45. The predicted molar refractivity (Wildman–Crippen MR) is 102 cm³/mol. The highest BCUT2D eigenvalue weighted by molar-refractivity contribution is 6.33. The fourth-order valence-electron chi connectivity index (χ4n) is 2.32. The number of halogens is 1. The molecule has 0 saturated heterocycles. The number of benzene rings is 2. The van der Waals surface area contributed by atoms with Gasteiger partial charge in [0.15, 0.2) is 0 Å². The first-order valence-electron chi connectivity index (χ1n) is 8.01. The van der Waals surface area contributed by atoms with E-state index in [1.165, 1.54) is 0 Å². The fourth-order valence-corrected chi connectivity index (χ4v) is 2.50. The van der Waals surface area contributed by atoms with Crippen LogP contribution in [0.15, 0.2) is 54.6 Å². The first kappa shape index (κ1) is 17.0. The van der Waals surface area contributed by atoms with Crippen molar-refractivity contribution in [3.63, 3.8) is 0 Å². The molecule has 0 radical (unpaired) electrons. The Morgan fingerprint density at radius 3 is 2.48 bits per heavy atom. The molecule has 0 aliphatic carbocycles. The molecule has 0 aliphatic rings. The molecule has 3 rings (SSSR count). The molecule has 5 nitrogen and oxygen atoms in total. The minimum absolute atomic E-state index is 0.513. The van der Waals surface area contributed by atoms with Crippen LogP contribution < -0.4 is 15.4 Å². The highest BCUT2D eigenvalue weighted by Gasteiger charge is 2.05. The molecule has 1 aromatic heterocycles. The maximum atomic E-state index is 6.19. The van der Waals surface area contributed by atoms with E-state index in [-0.39, 0.29) is 0 Å². The monoisotopic (exact) mass is 354 g/mol. The second-order valence-electron chi connectivity index (χ2n) is 5.41. The van der Waals surface area contributed by atoms with Gasteiger partial charge in [-0.15, -0.1) is 0 Å². The number of nitrogens with zero attached hydrogens (tertiary/aromatic N) is 2. The van der Waals surface area contributed by atoms with Crippen molar-refractivity contribution in [2.45, 2.75) is 13.8 Å². The van der Waals surface area contributed by atoms with Crippen molar-refractivity contribution >= 4 is 34.7 Å². The topological polar surface area (TPSA) is 59.1 Å². The van der Waals surface area contributed by atoms with Crippen LogP contribution in [0.25, 0.3) is 0 Å². The molecule has 0 unspecified atom stereocenters.